The Morgan fingerprint density at radius 1 is 1.04 bits per heavy atom. The van der Waals surface area contributed by atoms with Crippen molar-refractivity contribution in [1.82, 2.24) is 10.7 Å². The maximum absolute atomic E-state index is 12.4. The summed E-state index contributed by atoms with van der Waals surface area (Å²) in [5, 5.41) is 6.61. The molecule has 142 valence electrons. The molecule has 0 spiro atoms. The number of ketones is 1. The number of hydrogen-bond acceptors (Lipinski definition) is 4. The van der Waals surface area contributed by atoms with Crippen LogP contribution in [0.5, 0.6) is 0 Å². The van der Waals surface area contributed by atoms with E-state index in [0.717, 1.165) is 38.5 Å². The summed E-state index contributed by atoms with van der Waals surface area (Å²) in [7, 11) is 0. The predicted molar refractivity (Wildman–Crippen MR) is 99.1 cm³/mol. The number of hydrogen-bond donors (Lipinski definition) is 2. The van der Waals surface area contributed by atoms with Gasteiger partial charge in [0.1, 0.15) is 0 Å². The number of hydrazone groups is 1. The SMILES string of the molecule is CC(C)C/C=N/NC(=O)C(=O)[C@H](CC(C)C)NC(=O)C1CCCCC1. The van der Waals surface area contributed by atoms with Crippen molar-refractivity contribution < 1.29 is 14.4 Å². The molecule has 1 aliphatic rings. The van der Waals surface area contributed by atoms with Gasteiger partial charge < -0.3 is 5.32 Å². The number of rotatable bonds is 9. The van der Waals surface area contributed by atoms with Crippen LogP contribution in [0, 0.1) is 17.8 Å². The van der Waals surface area contributed by atoms with Crippen molar-refractivity contribution in [2.75, 3.05) is 0 Å². The van der Waals surface area contributed by atoms with Gasteiger partial charge in [0.25, 0.3) is 0 Å². The van der Waals surface area contributed by atoms with Crippen molar-refractivity contribution in [3.63, 3.8) is 0 Å². The van der Waals surface area contributed by atoms with Crippen LogP contribution < -0.4 is 10.7 Å². The number of Topliss-reactive ketones (excluding diaryl/α,β-unsaturated/α-hetero) is 1. The molecule has 0 heterocycles. The molecule has 6 nitrogen and oxygen atoms in total. The van der Waals surface area contributed by atoms with Crippen LogP contribution >= 0.6 is 0 Å². The van der Waals surface area contributed by atoms with Crippen molar-refractivity contribution in [3.8, 4) is 0 Å². The molecule has 0 radical (unpaired) electrons. The maximum Gasteiger partial charge on any atom is 0.309 e. The van der Waals surface area contributed by atoms with Crippen LogP contribution in [-0.4, -0.2) is 29.9 Å². The first-order valence-corrected chi connectivity index (χ1v) is 9.47. The fraction of sp³-hybridized carbons (Fsp3) is 0.789. The zero-order valence-electron chi connectivity index (χ0n) is 16.0. The Hall–Kier alpha value is -1.72. The minimum Gasteiger partial charge on any atom is -0.345 e. The van der Waals surface area contributed by atoms with Crippen LogP contribution in [0.3, 0.4) is 0 Å². The Balaban J connectivity index is 2.62. The molecule has 0 aromatic heterocycles. The Bertz CT molecular complexity index is 480. The van der Waals surface area contributed by atoms with Gasteiger partial charge in [0.15, 0.2) is 0 Å². The van der Waals surface area contributed by atoms with E-state index in [2.05, 4.69) is 15.8 Å². The molecule has 25 heavy (non-hydrogen) atoms. The van der Waals surface area contributed by atoms with Gasteiger partial charge in [-0.25, -0.2) is 5.43 Å². The van der Waals surface area contributed by atoms with Crippen molar-refractivity contribution in [2.45, 2.75) is 78.7 Å². The number of nitrogens with zero attached hydrogens (tertiary/aromatic N) is 1. The van der Waals surface area contributed by atoms with E-state index in [4.69, 9.17) is 0 Å². The molecule has 2 N–H and O–H groups in total. The van der Waals surface area contributed by atoms with E-state index in [0.29, 0.717) is 12.3 Å². The van der Waals surface area contributed by atoms with Gasteiger partial charge in [-0.15, -0.1) is 0 Å². The van der Waals surface area contributed by atoms with Gasteiger partial charge in [0.2, 0.25) is 11.7 Å². The highest BCUT2D eigenvalue weighted by Crippen LogP contribution is 2.24. The molecule has 0 aromatic carbocycles. The molecule has 1 atom stereocenters. The average molecular weight is 351 g/mol. The van der Waals surface area contributed by atoms with E-state index in [1.807, 2.05) is 27.7 Å². The maximum atomic E-state index is 12.4. The highest BCUT2D eigenvalue weighted by Gasteiger charge is 2.30. The summed E-state index contributed by atoms with van der Waals surface area (Å²) in [6.45, 7) is 8.01. The van der Waals surface area contributed by atoms with Crippen LogP contribution in [0.2, 0.25) is 0 Å². The van der Waals surface area contributed by atoms with Crippen molar-refractivity contribution >= 4 is 23.8 Å². The standard InChI is InChI=1S/C19H33N3O3/c1-13(2)10-11-20-22-19(25)17(23)16(12-14(3)4)21-18(24)15-8-6-5-7-9-15/h11,13-16H,5-10,12H2,1-4H3,(H,21,24)(H,22,25)/b20-11+/t16-/m0/s1. The first-order valence-electron chi connectivity index (χ1n) is 9.47. The highest BCUT2D eigenvalue weighted by atomic mass is 16.2. The second-order valence-corrected chi connectivity index (χ2v) is 7.77. The van der Waals surface area contributed by atoms with E-state index >= 15 is 0 Å². The molecule has 1 fully saturated rings. The number of amides is 2. The second kappa shape index (κ2) is 11.0. The molecule has 0 aliphatic heterocycles. The van der Waals surface area contributed by atoms with Crippen LogP contribution in [0.25, 0.3) is 0 Å². The third kappa shape index (κ3) is 8.27. The quantitative estimate of drug-likeness (QED) is 0.380. The molecule has 1 rings (SSSR count). The highest BCUT2D eigenvalue weighted by molar-refractivity contribution is 6.38. The van der Waals surface area contributed by atoms with Crippen molar-refractivity contribution in [2.24, 2.45) is 22.9 Å². The monoisotopic (exact) mass is 351 g/mol. The first-order chi connectivity index (χ1) is 11.8. The molecule has 0 saturated heterocycles. The molecule has 0 unspecified atom stereocenters. The Labute approximate surface area is 151 Å². The van der Waals surface area contributed by atoms with Gasteiger partial charge in [0.05, 0.1) is 6.04 Å². The van der Waals surface area contributed by atoms with Crippen LogP contribution in [-0.2, 0) is 14.4 Å². The lowest BCUT2D eigenvalue weighted by Crippen LogP contribution is -2.49. The van der Waals surface area contributed by atoms with E-state index in [1.54, 1.807) is 6.21 Å². The van der Waals surface area contributed by atoms with Crippen LogP contribution in [0.1, 0.15) is 72.6 Å². The van der Waals surface area contributed by atoms with E-state index < -0.39 is 17.7 Å². The lowest BCUT2D eigenvalue weighted by Gasteiger charge is -2.24. The third-order valence-corrected chi connectivity index (χ3v) is 4.37. The van der Waals surface area contributed by atoms with Gasteiger partial charge >= 0.3 is 5.91 Å². The minimum absolute atomic E-state index is 0.0386. The Morgan fingerprint density at radius 3 is 2.24 bits per heavy atom. The lowest BCUT2D eigenvalue weighted by atomic mass is 9.88. The molecule has 6 heteroatoms. The fourth-order valence-electron chi connectivity index (χ4n) is 2.94. The molecule has 0 bridgehead atoms. The summed E-state index contributed by atoms with van der Waals surface area (Å²) in [6.07, 6.45) is 7.74. The summed E-state index contributed by atoms with van der Waals surface area (Å²) in [6, 6.07) is -0.783. The average Bonchev–Trinajstić information content (AvgIpc) is 2.57. The number of carbonyl (C=O) groups is 3. The van der Waals surface area contributed by atoms with Crippen LogP contribution in [0.4, 0.5) is 0 Å². The van der Waals surface area contributed by atoms with Gasteiger partial charge in [0, 0.05) is 12.1 Å². The van der Waals surface area contributed by atoms with E-state index in [-0.39, 0.29) is 17.7 Å². The molecule has 1 aliphatic carbocycles. The lowest BCUT2D eigenvalue weighted by molar-refractivity contribution is -0.140. The van der Waals surface area contributed by atoms with Crippen LogP contribution in [0.15, 0.2) is 5.10 Å². The molecule has 0 aromatic rings. The summed E-state index contributed by atoms with van der Waals surface area (Å²) in [5.74, 6) is -0.912. The van der Waals surface area contributed by atoms with E-state index in [9.17, 15) is 14.4 Å². The smallest absolute Gasteiger partial charge is 0.309 e. The van der Waals surface area contributed by atoms with Gasteiger partial charge in [-0.2, -0.15) is 5.10 Å². The summed E-state index contributed by atoms with van der Waals surface area (Å²) in [4.78, 5) is 36.9. The zero-order chi connectivity index (χ0) is 18.8. The molecule has 1 saturated carbocycles. The largest absolute Gasteiger partial charge is 0.345 e. The summed E-state index contributed by atoms with van der Waals surface area (Å²) < 4.78 is 0. The topological polar surface area (TPSA) is 87.6 Å². The van der Waals surface area contributed by atoms with Crippen molar-refractivity contribution in [1.29, 1.82) is 0 Å². The van der Waals surface area contributed by atoms with Gasteiger partial charge in [-0.1, -0.05) is 47.0 Å². The normalized spacial score (nSPS) is 17.0. The van der Waals surface area contributed by atoms with Crippen molar-refractivity contribution in [3.05, 3.63) is 0 Å². The first kappa shape index (κ1) is 21.3. The zero-order valence-corrected chi connectivity index (χ0v) is 16.0. The Kier molecular flexibility index (Phi) is 9.39. The number of carbonyl (C=O) groups excluding carboxylic acids is 3. The molecule has 2 amide bonds. The molecular weight excluding hydrogens is 318 g/mol. The number of nitrogens with one attached hydrogen (secondary N) is 2. The predicted octanol–water partition coefficient (Wildman–Crippen LogP) is 2.81. The summed E-state index contributed by atoms with van der Waals surface area (Å²) in [5.41, 5.74) is 2.27. The van der Waals surface area contributed by atoms with Gasteiger partial charge in [-0.3, -0.25) is 14.4 Å². The van der Waals surface area contributed by atoms with E-state index in [1.165, 1.54) is 0 Å². The third-order valence-electron chi connectivity index (χ3n) is 4.37. The fourth-order valence-corrected chi connectivity index (χ4v) is 2.94. The van der Waals surface area contributed by atoms with Gasteiger partial charge in [-0.05, 0) is 37.5 Å². The second-order valence-electron chi connectivity index (χ2n) is 7.77. The summed E-state index contributed by atoms with van der Waals surface area (Å²) >= 11 is 0. The minimum atomic E-state index is -0.783. The Morgan fingerprint density at radius 2 is 1.68 bits per heavy atom. The molecular formula is C19H33N3O3.